The fourth-order valence-corrected chi connectivity index (χ4v) is 2.23. The molecule has 0 saturated heterocycles. The van der Waals surface area contributed by atoms with Crippen molar-refractivity contribution in [3.05, 3.63) is 28.2 Å². The molecular formula is C12H16N2O2. The molecule has 2 aliphatic rings. The van der Waals surface area contributed by atoms with Crippen molar-refractivity contribution < 1.29 is 4.74 Å². The van der Waals surface area contributed by atoms with Crippen LogP contribution in [-0.4, -0.2) is 17.6 Å². The summed E-state index contributed by atoms with van der Waals surface area (Å²) in [5.74, 6) is 1.52. The van der Waals surface area contributed by atoms with Crippen LogP contribution in [0.3, 0.4) is 0 Å². The summed E-state index contributed by atoms with van der Waals surface area (Å²) in [5, 5.41) is 3.40. The van der Waals surface area contributed by atoms with Crippen molar-refractivity contribution in [1.82, 2.24) is 10.3 Å². The molecule has 86 valence electrons. The zero-order chi connectivity index (χ0) is 11.1. The first-order valence-electron chi connectivity index (χ1n) is 5.87. The minimum absolute atomic E-state index is 0.0686. The number of pyridine rings is 1. The number of aromatic nitrogens is 1. The van der Waals surface area contributed by atoms with Gasteiger partial charge in [-0.1, -0.05) is 0 Å². The van der Waals surface area contributed by atoms with Crippen molar-refractivity contribution in [2.24, 2.45) is 5.92 Å². The third kappa shape index (κ3) is 1.73. The summed E-state index contributed by atoms with van der Waals surface area (Å²) in [6.45, 7) is 2.91. The smallest absolute Gasteiger partial charge is 0.248 e. The van der Waals surface area contributed by atoms with Crippen LogP contribution < -0.4 is 15.6 Å². The SMILES string of the molecule is C[C@H]1NC[C@@H](C2CC2)Oc2ccc(=O)[nH]c21. The van der Waals surface area contributed by atoms with E-state index in [1.54, 1.807) is 6.07 Å². The van der Waals surface area contributed by atoms with Gasteiger partial charge in [0, 0.05) is 18.7 Å². The van der Waals surface area contributed by atoms with Gasteiger partial charge in [-0.05, 0) is 31.7 Å². The Morgan fingerprint density at radius 1 is 1.38 bits per heavy atom. The quantitative estimate of drug-likeness (QED) is 0.747. The highest BCUT2D eigenvalue weighted by atomic mass is 16.5. The van der Waals surface area contributed by atoms with Gasteiger partial charge in [-0.3, -0.25) is 4.79 Å². The Morgan fingerprint density at radius 2 is 2.19 bits per heavy atom. The van der Waals surface area contributed by atoms with Crippen molar-refractivity contribution in [3.63, 3.8) is 0 Å². The Labute approximate surface area is 94.0 Å². The first-order chi connectivity index (χ1) is 7.74. The average molecular weight is 220 g/mol. The second kappa shape index (κ2) is 3.63. The molecule has 1 saturated carbocycles. The van der Waals surface area contributed by atoms with Crippen molar-refractivity contribution in [3.8, 4) is 5.75 Å². The lowest BCUT2D eigenvalue weighted by molar-refractivity contribution is 0.181. The van der Waals surface area contributed by atoms with E-state index in [4.69, 9.17) is 4.74 Å². The Kier molecular flexibility index (Phi) is 2.24. The molecule has 0 spiro atoms. The van der Waals surface area contributed by atoms with Crippen molar-refractivity contribution in [2.75, 3.05) is 6.54 Å². The molecule has 4 nitrogen and oxygen atoms in total. The molecule has 1 aromatic heterocycles. The van der Waals surface area contributed by atoms with Crippen molar-refractivity contribution >= 4 is 0 Å². The molecule has 1 aromatic rings. The molecule has 0 amide bonds. The van der Waals surface area contributed by atoms with Crippen LogP contribution in [-0.2, 0) is 0 Å². The van der Waals surface area contributed by atoms with Gasteiger partial charge in [-0.2, -0.15) is 0 Å². The fraction of sp³-hybridized carbons (Fsp3) is 0.583. The molecule has 3 rings (SSSR count). The van der Waals surface area contributed by atoms with E-state index < -0.39 is 0 Å². The maximum absolute atomic E-state index is 11.3. The van der Waals surface area contributed by atoms with E-state index in [9.17, 15) is 4.79 Å². The van der Waals surface area contributed by atoms with Gasteiger partial charge in [0.1, 0.15) is 11.9 Å². The minimum atomic E-state index is -0.0686. The van der Waals surface area contributed by atoms with E-state index in [2.05, 4.69) is 10.3 Å². The largest absolute Gasteiger partial charge is 0.487 e. The summed E-state index contributed by atoms with van der Waals surface area (Å²) in [7, 11) is 0. The average Bonchev–Trinajstić information content (AvgIpc) is 3.08. The van der Waals surface area contributed by atoms with Gasteiger partial charge in [0.05, 0.1) is 5.69 Å². The number of H-pyrrole nitrogens is 1. The standard InChI is InChI=1S/C12H16N2O2/c1-7-12-9(4-5-11(15)14-12)16-10(6-13-7)8-2-3-8/h4-5,7-8,10,13H,2-3,6H2,1H3,(H,14,15)/t7-,10+/m1/s1. The number of aromatic amines is 1. The molecule has 0 aromatic carbocycles. The Morgan fingerprint density at radius 3 is 2.94 bits per heavy atom. The molecule has 0 bridgehead atoms. The van der Waals surface area contributed by atoms with Crippen LogP contribution >= 0.6 is 0 Å². The maximum Gasteiger partial charge on any atom is 0.248 e. The van der Waals surface area contributed by atoms with Gasteiger partial charge in [-0.25, -0.2) is 0 Å². The number of fused-ring (bicyclic) bond motifs is 1. The monoisotopic (exact) mass is 220 g/mol. The summed E-state index contributed by atoms with van der Waals surface area (Å²) in [6, 6.07) is 3.46. The lowest BCUT2D eigenvalue weighted by Gasteiger charge is -2.15. The molecule has 0 radical (unpaired) electrons. The molecule has 4 heteroatoms. The van der Waals surface area contributed by atoms with Gasteiger partial charge in [0.2, 0.25) is 5.56 Å². The van der Waals surface area contributed by atoms with E-state index >= 15 is 0 Å². The van der Waals surface area contributed by atoms with Gasteiger partial charge in [-0.15, -0.1) is 0 Å². The van der Waals surface area contributed by atoms with Gasteiger partial charge >= 0.3 is 0 Å². The Hall–Kier alpha value is -1.29. The van der Waals surface area contributed by atoms with Crippen LogP contribution in [0.4, 0.5) is 0 Å². The predicted octanol–water partition coefficient (Wildman–Crippen LogP) is 1.20. The predicted molar refractivity (Wildman–Crippen MR) is 60.6 cm³/mol. The van der Waals surface area contributed by atoms with Crippen molar-refractivity contribution in [1.29, 1.82) is 0 Å². The molecular weight excluding hydrogens is 204 g/mol. The summed E-state index contributed by atoms with van der Waals surface area (Å²) in [4.78, 5) is 14.1. The third-order valence-electron chi connectivity index (χ3n) is 3.39. The van der Waals surface area contributed by atoms with Gasteiger partial charge < -0.3 is 15.0 Å². The summed E-state index contributed by atoms with van der Waals surface area (Å²) < 4.78 is 5.97. The highest BCUT2D eigenvalue weighted by molar-refractivity contribution is 5.30. The number of hydrogen-bond donors (Lipinski definition) is 2. The molecule has 2 N–H and O–H groups in total. The second-order valence-corrected chi connectivity index (χ2v) is 4.72. The van der Waals surface area contributed by atoms with Crippen LogP contribution in [0.15, 0.2) is 16.9 Å². The van der Waals surface area contributed by atoms with E-state index in [0.29, 0.717) is 5.92 Å². The first-order valence-corrected chi connectivity index (χ1v) is 5.87. The van der Waals surface area contributed by atoms with E-state index in [1.807, 2.05) is 6.92 Å². The molecule has 2 heterocycles. The molecule has 1 aliphatic heterocycles. The van der Waals surface area contributed by atoms with Crippen molar-refractivity contribution in [2.45, 2.75) is 31.9 Å². The minimum Gasteiger partial charge on any atom is -0.487 e. The van der Waals surface area contributed by atoms with Crippen LogP contribution in [0.2, 0.25) is 0 Å². The highest BCUT2D eigenvalue weighted by Crippen LogP contribution is 2.37. The van der Waals surface area contributed by atoms with Crippen LogP contribution in [0.25, 0.3) is 0 Å². The number of hydrogen-bond acceptors (Lipinski definition) is 3. The topological polar surface area (TPSA) is 54.1 Å². The zero-order valence-corrected chi connectivity index (χ0v) is 9.32. The summed E-state index contributed by atoms with van der Waals surface area (Å²) >= 11 is 0. The maximum atomic E-state index is 11.3. The Bertz CT molecular complexity index is 451. The van der Waals surface area contributed by atoms with Gasteiger partial charge in [0.15, 0.2) is 0 Å². The lowest BCUT2D eigenvalue weighted by atomic mass is 10.2. The third-order valence-corrected chi connectivity index (χ3v) is 3.39. The molecule has 1 aliphatic carbocycles. The van der Waals surface area contributed by atoms with E-state index in [0.717, 1.165) is 18.0 Å². The summed E-state index contributed by atoms with van der Waals surface area (Å²) in [6.07, 6.45) is 2.79. The molecule has 16 heavy (non-hydrogen) atoms. The Balaban J connectivity index is 1.96. The number of ether oxygens (including phenoxy) is 1. The zero-order valence-electron chi connectivity index (χ0n) is 9.32. The van der Waals surface area contributed by atoms with E-state index in [1.165, 1.54) is 18.9 Å². The number of nitrogens with one attached hydrogen (secondary N) is 2. The molecule has 1 fully saturated rings. The fourth-order valence-electron chi connectivity index (χ4n) is 2.23. The molecule has 2 atom stereocenters. The lowest BCUT2D eigenvalue weighted by Crippen LogP contribution is -2.31. The van der Waals surface area contributed by atoms with Crippen LogP contribution in [0.5, 0.6) is 5.75 Å². The highest BCUT2D eigenvalue weighted by Gasteiger charge is 2.35. The van der Waals surface area contributed by atoms with Crippen LogP contribution in [0.1, 0.15) is 31.5 Å². The molecule has 0 unspecified atom stereocenters. The normalized spacial score (nSPS) is 29.1. The first kappa shape index (κ1) is 9.90. The number of rotatable bonds is 1. The van der Waals surface area contributed by atoms with E-state index in [-0.39, 0.29) is 17.7 Å². The second-order valence-electron chi connectivity index (χ2n) is 4.72. The summed E-state index contributed by atoms with van der Waals surface area (Å²) in [5.41, 5.74) is 0.802. The van der Waals surface area contributed by atoms with Crippen LogP contribution in [0, 0.1) is 5.92 Å². The van der Waals surface area contributed by atoms with Gasteiger partial charge in [0.25, 0.3) is 0 Å².